The van der Waals surface area contributed by atoms with Crippen LogP contribution in [0.2, 0.25) is 10.0 Å². The highest BCUT2D eigenvalue weighted by Gasteiger charge is 2.33. The maximum Gasteiger partial charge on any atom is 0.417 e. The van der Waals surface area contributed by atoms with Crippen LogP contribution in [0.4, 0.5) is 18.9 Å². The van der Waals surface area contributed by atoms with Crippen molar-refractivity contribution in [2.24, 2.45) is 0 Å². The first-order valence-electron chi connectivity index (χ1n) is 7.77. The summed E-state index contributed by atoms with van der Waals surface area (Å²) in [6, 6.07) is 10.3. The molecule has 11 heteroatoms. The number of amides is 1. The van der Waals surface area contributed by atoms with E-state index < -0.39 is 43.4 Å². The number of carbonyl (C=O) groups is 1. The molecule has 0 aliphatic rings. The van der Waals surface area contributed by atoms with Crippen LogP contribution >= 0.6 is 23.2 Å². The predicted octanol–water partition coefficient (Wildman–Crippen LogP) is 5.69. The molecule has 5 nitrogen and oxygen atoms in total. The van der Waals surface area contributed by atoms with E-state index in [4.69, 9.17) is 27.6 Å². The molecule has 3 rings (SSSR count). The first-order chi connectivity index (χ1) is 13.5. The molecule has 0 aliphatic carbocycles. The first-order valence-corrected chi connectivity index (χ1v) is 10.0. The van der Waals surface area contributed by atoms with Gasteiger partial charge in [-0.05, 0) is 54.6 Å². The summed E-state index contributed by atoms with van der Waals surface area (Å²) in [6.45, 7) is 0. The smallest absolute Gasteiger partial charge is 0.417 e. The minimum atomic E-state index is -4.71. The molecule has 1 aromatic heterocycles. The molecule has 2 aromatic carbocycles. The number of carbonyl (C=O) groups excluding carboxylic acids is 1. The standard InChI is InChI=1S/C18H10Cl2F3NO4S/c19-10-1-4-12(5-2-10)29(26,27)16-8-7-15(28-16)17(25)24-11-3-6-14(20)13(9-11)18(21,22)23/h1-9H,(H,24,25). The second-order valence-corrected chi connectivity index (χ2v) is 8.45. The van der Waals surface area contributed by atoms with Gasteiger partial charge in [0.2, 0.25) is 14.9 Å². The maximum atomic E-state index is 12.9. The molecule has 0 unspecified atom stereocenters. The van der Waals surface area contributed by atoms with Crippen LogP contribution in [0.3, 0.4) is 0 Å². The number of furan rings is 1. The van der Waals surface area contributed by atoms with Crippen molar-refractivity contribution in [2.45, 2.75) is 16.2 Å². The number of nitrogens with one attached hydrogen (secondary N) is 1. The van der Waals surface area contributed by atoms with Crippen molar-refractivity contribution in [1.82, 2.24) is 0 Å². The number of hydrogen-bond donors (Lipinski definition) is 1. The van der Waals surface area contributed by atoms with E-state index in [0.717, 1.165) is 18.2 Å². The molecule has 0 fully saturated rings. The zero-order chi connectivity index (χ0) is 21.4. The Labute approximate surface area is 173 Å². The number of rotatable bonds is 4. The molecule has 0 atom stereocenters. The fourth-order valence-corrected chi connectivity index (χ4v) is 3.85. The highest BCUT2D eigenvalue weighted by molar-refractivity contribution is 7.91. The molecule has 1 heterocycles. The summed E-state index contributed by atoms with van der Waals surface area (Å²) in [7, 11) is -4.04. The Hall–Kier alpha value is -2.49. The first kappa shape index (κ1) is 21.2. The van der Waals surface area contributed by atoms with Gasteiger partial charge in [-0.15, -0.1) is 0 Å². The van der Waals surface area contributed by atoms with Crippen molar-refractivity contribution in [3.8, 4) is 0 Å². The third-order valence-corrected chi connectivity index (χ3v) is 5.95. The predicted molar refractivity (Wildman–Crippen MR) is 100 cm³/mol. The van der Waals surface area contributed by atoms with Gasteiger partial charge in [0, 0.05) is 10.7 Å². The van der Waals surface area contributed by atoms with Gasteiger partial charge in [-0.1, -0.05) is 23.2 Å². The van der Waals surface area contributed by atoms with Crippen molar-refractivity contribution in [3.05, 3.63) is 76.0 Å². The molecule has 0 radical (unpaired) electrons. The highest BCUT2D eigenvalue weighted by atomic mass is 35.5. The van der Waals surface area contributed by atoms with E-state index in [0.29, 0.717) is 11.1 Å². The fraction of sp³-hybridized carbons (Fsp3) is 0.0556. The van der Waals surface area contributed by atoms with Crippen LogP contribution in [-0.4, -0.2) is 14.3 Å². The van der Waals surface area contributed by atoms with E-state index >= 15 is 0 Å². The van der Waals surface area contributed by atoms with Crippen LogP contribution in [0.25, 0.3) is 0 Å². The molecule has 0 saturated heterocycles. The third-order valence-electron chi connectivity index (χ3n) is 3.72. The van der Waals surface area contributed by atoms with Crippen LogP contribution in [0.5, 0.6) is 0 Å². The van der Waals surface area contributed by atoms with Crippen LogP contribution in [-0.2, 0) is 16.0 Å². The average molecular weight is 464 g/mol. The van der Waals surface area contributed by atoms with Crippen molar-refractivity contribution < 1.29 is 30.8 Å². The molecule has 29 heavy (non-hydrogen) atoms. The Kier molecular flexibility index (Phi) is 5.66. The lowest BCUT2D eigenvalue weighted by Crippen LogP contribution is -2.13. The molecule has 0 bridgehead atoms. The van der Waals surface area contributed by atoms with E-state index in [2.05, 4.69) is 5.32 Å². The van der Waals surface area contributed by atoms with Crippen LogP contribution < -0.4 is 5.32 Å². The quantitative estimate of drug-likeness (QED) is 0.538. The third kappa shape index (κ3) is 4.58. The van der Waals surface area contributed by atoms with E-state index in [1.165, 1.54) is 30.3 Å². The Morgan fingerprint density at radius 1 is 0.966 bits per heavy atom. The van der Waals surface area contributed by atoms with Crippen LogP contribution in [0, 0.1) is 0 Å². The van der Waals surface area contributed by atoms with E-state index in [-0.39, 0.29) is 10.6 Å². The number of hydrogen-bond acceptors (Lipinski definition) is 4. The normalized spacial score (nSPS) is 12.0. The Morgan fingerprint density at radius 2 is 1.62 bits per heavy atom. The van der Waals surface area contributed by atoms with Gasteiger partial charge in [-0.25, -0.2) is 8.42 Å². The summed E-state index contributed by atoms with van der Waals surface area (Å²) < 4.78 is 68.9. The van der Waals surface area contributed by atoms with Gasteiger partial charge in [0.1, 0.15) is 0 Å². The summed E-state index contributed by atoms with van der Waals surface area (Å²) >= 11 is 11.3. The molecule has 0 saturated carbocycles. The molecular formula is C18H10Cl2F3NO4S. The Balaban J connectivity index is 1.84. The SMILES string of the molecule is O=C(Nc1ccc(Cl)c(C(F)(F)F)c1)c1ccc(S(=O)(=O)c2ccc(Cl)cc2)o1. The van der Waals surface area contributed by atoms with Gasteiger partial charge in [-0.2, -0.15) is 13.2 Å². The summed E-state index contributed by atoms with van der Waals surface area (Å²) in [4.78, 5) is 12.1. The molecule has 3 aromatic rings. The largest absolute Gasteiger partial charge is 0.439 e. The maximum absolute atomic E-state index is 12.9. The lowest BCUT2D eigenvalue weighted by molar-refractivity contribution is -0.137. The molecule has 152 valence electrons. The lowest BCUT2D eigenvalue weighted by atomic mass is 10.2. The molecule has 1 amide bonds. The van der Waals surface area contributed by atoms with Crippen molar-refractivity contribution in [2.75, 3.05) is 5.32 Å². The van der Waals surface area contributed by atoms with Gasteiger partial charge in [0.25, 0.3) is 5.91 Å². The Morgan fingerprint density at radius 3 is 2.24 bits per heavy atom. The van der Waals surface area contributed by atoms with Gasteiger partial charge in [-0.3, -0.25) is 4.79 Å². The molecule has 1 N–H and O–H groups in total. The fourth-order valence-electron chi connectivity index (χ4n) is 2.33. The highest BCUT2D eigenvalue weighted by Crippen LogP contribution is 2.36. The van der Waals surface area contributed by atoms with Crippen LogP contribution in [0.15, 0.2) is 69.0 Å². The van der Waals surface area contributed by atoms with E-state index in [1.807, 2.05) is 0 Å². The Bertz CT molecular complexity index is 1170. The number of alkyl halides is 3. The monoisotopic (exact) mass is 463 g/mol. The molecular weight excluding hydrogens is 454 g/mol. The number of halogens is 5. The second-order valence-electron chi connectivity index (χ2n) is 5.72. The summed E-state index contributed by atoms with van der Waals surface area (Å²) in [5, 5.41) is 1.52. The van der Waals surface area contributed by atoms with Crippen molar-refractivity contribution in [1.29, 1.82) is 0 Å². The molecule has 0 aliphatic heterocycles. The topological polar surface area (TPSA) is 76.4 Å². The summed E-state index contributed by atoms with van der Waals surface area (Å²) in [5.41, 5.74) is -1.31. The second kappa shape index (κ2) is 7.74. The van der Waals surface area contributed by atoms with Gasteiger partial charge < -0.3 is 9.73 Å². The zero-order valence-corrected chi connectivity index (χ0v) is 16.5. The van der Waals surface area contributed by atoms with Gasteiger partial charge >= 0.3 is 6.18 Å². The van der Waals surface area contributed by atoms with E-state index in [9.17, 15) is 26.4 Å². The average Bonchev–Trinajstić information content (AvgIpc) is 3.14. The lowest BCUT2D eigenvalue weighted by Gasteiger charge is -2.11. The number of benzene rings is 2. The summed E-state index contributed by atoms with van der Waals surface area (Å²) in [6.07, 6.45) is -4.71. The minimum absolute atomic E-state index is 0.101. The van der Waals surface area contributed by atoms with Crippen molar-refractivity contribution >= 4 is 44.6 Å². The summed E-state index contributed by atoms with van der Waals surface area (Å²) in [5.74, 6) is -1.33. The molecule has 0 spiro atoms. The van der Waals surface area contributed by atoms with Gasteiger partial charge in [0.05, 0.1) is 15.5 Å². The number of anilines is 1. The van der Waals surface area contributed by atoms with Gasteiger partial charge in [0.15, 0.2) is 5.76 Å². The zero-order valence-electron chi connectivity index (χ0n) is 14.1. The van der Waals surface area contributed by atoms with Crippen molar-refractivity contribution in [3.63, 3.8) is 0 Å². The van der Waals surface area contributed by atoms with E-state index in [1.54, 1.807) is 0 Å². The number of sulfone groups is 1. The minimum Gasteiger partial charge on any atom is -0.439 e. The van der Waals surface area contributed by atoms with Crippen LogP contribution in [0.1, 0.15) is 16.1 Å².